The van der Waals surface area contributed by atoms with Crippen LogP contribution in [-0.2, 0) is 14.8 Å². The van der Waals surface area contributed by atoms with Gasteiger partial charge in [0.1, 0.15) is 11.4 Å². The summed E-state index contributed by atoms with van der Waals surface area (Å²) in [7, 11) is -3.69. The third-order valence-corrected chi connectivity index (χ3v) is 4.50. The molecular weight excluding hydrogens is 268 g/mol. The lowest BCUT2D eigenvalue weighted by atomic mass is 10.2. The maximum absolute atomic E-state index is 11.9. The molecule has 1 heterocycles. The Hall–Kier alpha value is -1.89. The molecule has 0 saturated heterocycles. The maximum atomic E-state index is 11.9. The molecule has 0 atom stereocenters. The highest BCUT2D eigenvalue weighted by Crippen LogP contribution is 2.33. The van der Waals surface area contributed by atoms with Crippen molar-refractivity contribution in [3.63, 3.8) is 0 Å². The van der Waals surface area contributed by atoms with Gasteiger partial charge in [0.2, 0.25) is 0 Å². The Kier molecular flexibility index (Phi) is 2.60. The number of carboxylic acids is 1. The number of sulfonamides is 1. The second-order valence-electron chi connectivity index (χ2n) is 4.64. The zero-order valence-electron chi connectivity index (χ0n) is 9.98. The lowest BCUT2D eigenvalue weighted by molar-refractivity contribution is -0.137. The van der Waals surface area contributed by atoms with Crippen molar-refractivity contribution in [2.75, 3.05) is 6.54 Å². The van der Waals surface area contributed by atoms with Gasteiger partial charge in [-0.05, 0) is 25.0 Å². The fourth-order valence-electron chi connectivity index (χ4n) is 2.20. The van der Waals surface area contributed by atoms with Crippen LogP contribution in [-0.4, -0.2) is 42.8 Å². The molecule has 3 rings (SSSR count). The Balaban J connectivity index is 2.07. The zero-order chi connectivity index (χ0) is 13.6. The molecule has 1 aliphatic heterocycles. The molecule has 0 amide bonds. The lowest BCUT2D eigenvalue weighted by Gasteiger charge is -2.21. The van der Waals surface area contributed by atoms with Gasteiger partial charge in [-0.2, -0.15) is 8.42 Å². The van der Waals surface area contributed by atoms with Crippen molar-refractivity contribution in [2.24, 2.45) is 4.40 Å². The van der Waals surface area contributed by atoms with Crippen LogP contribution in [0.1, 0.15) is 18.4 Å². The Morgan fingerprint density at radius 2 is 2.05 bits per heavy atom. The number of hydrogen-bond acceptors (Lipinski definition) is 4. The Labute approximate surface area is 110 Å². The first-order valence-corrected chi connectivity index (χ1v) is 7.36. The van der Waals surface area contributed by atoms with E-state index in [1.54, 1.807) is 23.1 Å². The van der Waals surface area contributed by atoms with Gasteiger partial charge in [0.05, 0.1) is 0 Å². The van der Waals surface area contributed by atoms with E-state index in [0.717, 1.165) is 12.8 Å². The summed E-state index contributed by atoms with van der Waals surface area (Å²) in [6.07, 6.45) is 1.74. The number of rotatable bonds is 3. The van der Waals surface area contributed by atoms with Crippen molar-refractivity contribution < 1.29 is 18.3 Å². The van der Waals surface area contributed by atoms with Gasteiger partial charge in [0, 0.05) is 11.6 Å². The van der Waals surface area contributed by atoms with Crippen molar-refractivity contribution in [3.8, 4) is 0 Å². The average Bonchev–Trinajstić information content (AvgIpc) is 3.14. The molecule has 1 saturated carbocycles. The molecule has 1 fully saturated rings. The van der Waals surface area contributed by atoms with Crippen LogP contribution < -0.4 is 0 Å². The number of nitrogens with zero attached hydrogens (tertiary/aromatic N) is 2. The van der Waals surface area contributed by atoms with Crippen LogP contribution in [0.4, 0.5) is 0 Å². The standard InChI is InChI=1S/C12H12N2O4S/c15-11(16)7-14(8-5-6-8)12-9-3-1-2-4-10(9)19(17,18)13-12/h1-4,8H,5-7H2,(H,15,16). The van der Waals surface area contributed by atoms with Crippen LogP contribution in [0, 0.1) is 0 Å². The highest BCUT2D eigenvalue weighted by molar-refractivity contribution is 7.90. The van der Waals surface area contributed by atoms with Gasteiger partial charge in [-0.1, -0.05) is 12.1 Å². The third-order valence-electron chi connectivity index (χ3n) is 3.18. The van der Waals surface area contributed by atoms with Gasteiger partial charge in [-0.15, -0.1) is 4.40 Å². The van der Waals surface area contributed by atoms with E-state index in [0.29, 0.717) is 5.56 Å². The number of amidine groups is 1. The smallest absolute Gasteiger partial charge is 0.323 e. The van der Waals surface area contributed by atoms with Crippen LogP contribution in [0.15, 0.2) is 33.6 Å². The average molecular weight is 280 g/mol. The number of fused-ring (bicyclic) bond motifs is 1. The highest BCUT2D eigenvalue weighted by Gasteiger charge is 2.38. The molecule has 2 aliphatic rings. The second-order valence-corrected chi connectivity index (χ2v) is 6.21. The second kappa shape index (κ2) is 4.06. The van der Waals surface area contributed by atoms with E-state index in [9.17, 15) is 13.2 Å². The molecule has 1 aromatic carbocycles. The first-order chi connectivity index (χ1) is 8.99. The first kappa shape index (κ1) is 12.2. The molecule has 100 valence electrons. The van der Waals surface area contributed by atoms with Crippen molar-refractivity contribution in [1.82, 2.24) is 4.90 Å². The van der Waals surface area contributed by atoms with Gasteiger partial charge in [-0.3, -0.25) is 4.79 Å². The first-order valence-electron chi connectivity index (χ1n) is 5.92. The van der Waals surface area contributed by atoms with E-state index >= 15 is 0 Å². The van der Waals surface area contributed by atoms with E-state index in [1.165, 1.54) is 6.07 Å². The molecule has 0 radical (unpaired) electrons. The summed E-state index contributed by atoms with van der Waals surface area (Å²) >= 11 is 0. The van der Waals surface area contributed by atoms with Gasteiger partial charge in [-0.25, -0.2) is 0 Å². The molecule has 0 spiro atoms. The summed E-state index contributed by atoms with van der Waals surface area (Å²) in [4.78, 5) is 12.7. The van der Waals surface area contributed by atoms with Crippen LogP contribution >= 0.6 is 0 Å². The summed E-state index contributed by atoms with van der Waals surface area (Å²) in [5, 5.41) is 8.95. The quantitative estimate of drug-likeness (QED) is 0.880. The minimum Gasteiger partial charge on any atom is -0.480 e. The SMILES string of the molecule is O=C(O)CN(C1=NS(=O)(=O)c2ccccc21)C1CC1. The molecule has 19 heavy (non-hydrogen) atoms. The molecule has 7 heteroatoms. The number of benzene rings is 1. The van der Waals surface area contributed by atoms with E-state index < -0.39 is 16.0 Å². The number of carboxylic acid groups (broad SMARTS) is 1. The number of hydrogen-bond donors (Lipinski definition) is 1. The molecule has 1 aromatic rings. The molecule has 1 N–H and O–H groups in total. The predicted molar refractivity (Wildman–Crippen MR) is 67.5 cm³/mol. The summed E-state index contributed by atoms with van der Waals surface area (Å²) in [5.74, 6) is -0.725. The Morgan fingerprint density at radius 1 is 1.37 bits per heavy atom. The topological polar surface area (TPSA) is 87.0 Å². The molecular formula is C12H12N2O4S. The fourth-order valence-corrected chi connectivity index (χ4v) is 3.42. The fraction of sp³-hybridized carbons (Fsp3) is 0.333. The lowest BCUT2D eigenvalue weighted by Crippen LogP contribution is -2.37. The summed E-state index contributed by atoms with van der Waals surface area (Å²) < 4.78 is 27.6. The van der Waals surface area contributed by atoms with Gasteiger partial charge >= 0.3 is 5.97 Å². The van der Waals surface area contributed by atoms with E-state index in [1.807, 2.05) is 0 Å². The summed E-state index contributed by atoms with van der Waals surface area (Å²) in [6, 6.07) is 6.59. The minimum absolute atomic E-state index is 0.0798. The highest BCUT2D eigenvalue weighted by atomic mass is 32.2. The Bertz CT molecular complexity index is 677. The van der Waals surface area contributed by atoms with E-state index in [-0.39, 0.29) is 23.3 Å². The molecule has 6 nitrogen and oxygen atoms in total. The molecule has 0 aromatic heterocycles. The van der Waals surface area contributed by atoms with Crippen molar-refractivity contribution in [2.45, 2.75) is 23.8 Å². The largest absolute Gasteiger partial charge is 0.480 e. The third kappa shape index (κ3) is 2.10. The minimum atomic E-state index is -3.69. The molecule has 1 aliphatic carbocycles. The van der Waals surface area contributed by atoms with Crippen LogP contribution in [0.5, 0.6) is 0 Å². The van der Waals surface area contributed by atoms with Gasteiger partial charge < -0.3 is 10.0 Å². The zero-order valence-corrected chi connectivity index (χ0v) is 10.8. The normalized spacial score (nSPS) is 19.7. The van der Waals surface area contributed by atoms with Crippen LogP contribution in [0.3, 0.4) is 0 Å². The monoisotopic (exact) mass is 280 g/mol. The van der Waals surface area contributed by atoms with Gasteiger partial charge in [0.25, 0.3) is 10.0 Å². The van der Waals surface area contributed by atoms with Crippen molar-refractivity contribution in [3.05, 3.63) is 29.8 Å². The van der Waals surface area contributed by atoms with Gasteiger partial charge in [0.15, 0.2) is 5.84 Å². The molecule has 0 bridgehead atoms. The number of aliphatic carboxylic acids is 1. The van der Waals surface area contributed by atoms with Crippen LogP contribution in [0.2, 0.25) is 0 Å². The summed E-state index contributed by atoms with van der Waals surface area (Å²) in [6.45, 7) is -0.229. The number of carbonyl (C=O) groups is 1. The van der Waals surface area contributed by atoms with E-state index in [2.05, 4.69) is 4.40 Å². The van der Waals surface area contributed by atoms with E-state index in [4.69, 9.17) is 5.11 Å². The van der Waals surface area contributed by atoms with Crippen molar-refractivity contribution in [1.29, 1.82) is 0 Å². The predicted octanol–water partition coefficient (Wildman–Crippen LogP) is 0.684. The van der Waals surface area contributed by atoms with Crippen LogP contribution in [0.25, 0.3) is 0 Å². The maximum Gasteiger partial charge on any atom is 0.323 e. The molecule has 0 unspecified atom stereocenters. The Morgan fingerprint density at radius 3 is 2.68 bits per heavy atom. The van der Waals surface area contributed by atoms with Crippen molar-refractivity contribution >= 4 is 21.8 Å². The summed E-state index contributed by atoms with van der Waals surface area (Å²) in [5.41, 5.74) is 0.496.